The molecule has 0 atom stereocenters. The summed E-state index contributed by atoms with van der Waals surface area (Å²) < 4.78 is 0. The summed E-state index contributed by atoms with van der Waals surface area (Å²) in [6.07, 6.45) is 1.77. The van der Waals surface area contributed by atoms with E-state index in [9.17, 15) is 4.79 Å². The van der Waals surface area contributed by atoms with Crippen LogP contribution in [0.1, 0.15) is 31.4 Å². The fraction of sp³-hybridized carbons (Fsp3) is 0.235. The third-order valence-electron chi connectivity index (χ3n) is 3.20. The number of ketones is 1. The van der Waals surface area contributed by atoms with Crippen LogP contribution in [0.25, 0.3) is 11.1 Å². The minimum Gasteiger partial charge on any atom is -0.300 e. The van der Waals surface area contributed by atoms with Crippen molar-refractivity contribution < 1.29 is 4.79 Å². The van der Waals surface area contributed by atoms with Crippen LogP contribution >= 0.6 is 0 Å². The molecule has 0 fully saturated rings. The summed E-state index contributed by atoms with van der Waals surface area (Å²) in [7, 11) is 0. The van der Waals surface area contributed by atoms with Crippen molar-refractivity contribution in [1.29, 1.82) is 0 Å². The predicted molar refractivity (Wildman–Crippen MR) is 75.7 cm³/mol. The smallest absolute Gasteiger partial charge is 0.129 e. The fourth-order valence-electron chi connectivity index (χ4n) is 2.08. The van der Waals surface area contributed by atoms with Crippen LogP contribution in [0.3, 0.4) is 0 Å². The summed E-state index contributed by atoms with van der Waals surface area (Å²) in [4.78, 5) is 9.81. The van der Waals surface area contributed by atoms with E-state index in [-0.39, 0.29) is 5.78 Å². The van der Waals surface area contributed by atoms with Gasteiger partial charge in [-0.1, -0.05) is 55.5 Å². The molecule has 2 aromatic carbocycles. The van der Waals surface area contributed by atoms with Gasteiger partial charge in [0.1, 0.15) is 5.78 Å². The number of carbonyl (C=O) groups excluding carboxylic acids is 1. The molecule has 3 rings (SSSR count). The minimum atomic E-state index is 0.255. The molecule has 0 heterocycles. The number of carbonyl (C=O) groups is 1. The summed E-state index contributed by atoms with van der Waals surface area (Å²) in [6, 6.07) is 17.3. The highest BCUT2D eigenvalue weighted by Crippen LogP contribution is 2.35. The minimum absolute atomic E-state index is 0.255. The van der Waals surface area contributed by atoms with Gasteiger partial charge in [-0.25, -0.2) is 0 Å². The normalized spacial score (nSPS) is 11.0. The average Bonchev–Trinajstić information content (AvgIpc) is 2.78. The Labute approximate surface area is 108 Å². The zero-order valence-corrected chi connectivity index (χ0v) is 10.9. The van der Waals surface area contributed by atoms with Gasteiger partial charge in [-0.2, -0.15) is 0 Å². The second-order valence-corrected chi connectivity index (χ2v) is 4.55. The van der Waals surface area contributed by atoms with Gasteiger partial charge in [0.05, 0.1) is 0 Å². The Balaban J connectivity index is 0.000000209. The molecular weight excluding hydrogens is 220 g/mol. The zero-order valence-electron chi connectivity index (χ0n) is 10.9. The number of hydrogen-bond donors (Lipinski definition) is 0. The van der Waals surface area contributed by atoms with Crippen molar-refractivity contribution in [2.75, 3.05) is 0 Å². The van der Waals surface area contributed by atoms with Crippen LogP contribution in [0, 0.1) is 0 Å². The van der Waals surface area contributed by atoms with Gasteiger partial charge < -0.3 is 4.79 Å². The highest BCUT2D eigenvalue weighted by Gasteiger charge is 2.15. The third-order valence-corrected chi connectivity index (χ3v) is 3.20. The Kier molecular flexibility index (Phi) is 3.93. The van der Waals surface area contributed by atoms with Crippen LogP contribution in [0.2, 0.25) is 0 Å². The van der Waals surface area contributed by atoms with Crippen molar-refractivity contribution in [3.05, 3.63) is 59.7 Å². The first-order valence-corrected chi connectivity index (χ1v) is 6.38. The number of fused-ring (bicyclic) bond motifs is 3. The van der Waals surface area contributed by atoms with Crippen molar-refractivity contribution in [2.24, 2.45) is 0 Å². The molecule has 0 unspecified atom stereocenters. The molecule has 1 aliphatic rings. The molecule has 1 nitrogen and oxygen atoms in total. The monoisotopic (exact) mass is 238 g/mol. The lowest BCUT2D eigenvalue weighted by molar-refractivity contribution is -0.116. The van der Waals surface area contributed by atoms with Gasteiger partial charge in [0, 0.05) is 6.42 Å². The van der Waals surface area contributed by atoms with Gasteiger partial charge in [0.25, 0.3) is 0 Å². The maximum atomic E-state index is 9.81. The van der Waals surface area contributed by atoms with E-state index in [0.29, 0.717) is 6.42 Å². The maximum absolute atomic E-state index is 9.81. The van der Waals surface area contributed by atoms with Gasteiger partial charge in [0.15, 0.2) is 0 Å². The van der Waals surface area contributed by atoms with E-state index in [1.54, 1.807) is 6.92 Å². The van der Waals surface area contributed by atoms with Gasteiger partial charge >= 0.3 is 0 Å². The van der Waals surface area contributed by atoms with Gasteiger partial charge in [-0.3, -0.25) is 0 Å². The highest BCUT2D eigenvalue weighted by molar-refractivity contribution is 5.76. The lowest BCUT2D eigenvalue weighted by Crippen LogP contribution is -1.80. The van der Waals surface area contributed by atoms with E-state index in [4.69, 9.17) is 0 Å². The molecule has 0 saturated heterocycles. The highest BCUT2D eigenvalue weighted by atomic mass is 16.1. The standard InChI is InChI=1S/C13H10.C4H8O/c1-3-7-12-10(5-1)9-11-6-2-4-8-13(11)12;1-3-4(2)5/h1-8H,9H2;3H2,1-2H3. The molecule has 0 saturated carbocycles. The lowest BCUT2D eigenvalue weighted by atomic mass is 10.1. The Morgan fingerprint density at radius 3 is 1.72 bits per heavy atom. The Hall–Kier alpha value is -1.89. The molecule has 0 bridgehead atoms. The topological polar surface area (TPSA) is 17.1 Å². The first kappa shape index (κ1) is 12.6. The predicted octanol–water partition coefficient (Wildman–Crippen LogP) is 4.24. The number of hydrogen-bond acceptors (Lipinski definition) is 1. The van der Waals surface area contributed by atoms with E-state index in [0.717, 1.165) is 6.42 Å². The van der Waals surface area contributed by atoms with Crippen LogP contribution in [0.5, 0.6) is 0 Å². The molecule has 0 radical (unpaired) electrons. The Morgan fingerprint density at radius 2 is 1.33 bits per heavy atom. The third kappa shape index (κ3) is 2.67. The molecular formula is C17H18O. The molecule has 18 heavy (non-hydrogen) atoms. The van der Waals surface area contributed by atoms with Crippen LogP contribution in [-0.2, 0) is 11.2 Å². The molecule has 0 amide bonds. The van der Waals surface area contributed by atoms with Gasteiger partial charge in [-0.05, 0) is 35.6 Å². The summed E-state index contributed by atoms with van der Waals surface area (Å²) in [5.74, 6) is 0.255. The van der Waals surface area contributed by atoms with Crippen molar-refractivity contribution in [1.82, 2.24) is 0 Å². The second kappa shape index (κ2) is 5.63. The molecule has 0 aliphatic heterocycles. The first-order valence-electron chi connectivity index (χ1n) is 6.38. The summed E-state index contributed by atoms with van der Waals surface area (Å²) in [5, 5.41) is 0. The van der Waals surface area contributed by atoms with Crippen molar-refractivity contribution in [3.63, 3.8) is 0 Å². The summed E-state index contributed by atoms with van der Waals surface area (Å²) >= 11 is 0. The molecule has 2 aromatic rings. The number of benzene rings is 2. The van der Waals surface area contributed by atoms with Crippen LogP contribution < -0.4 is 0 Å². The average molecular weight is 238 g/mol. The van der Waals surface area contributed by atoms with Crippen LogP contribution in [0.15, 0.2) is 48.5 Å². The Bertz CT molecular complexity index is 512. The quantitative estimate of drug-likeness (QED) is 0.619. The molecule has 1 aliphatic carbocycles. The lowest BCUT2D eigenvalue weighted by Gasteiger charge is -1.98. The molecule has 0 N–H and O–H groups in total. The largest absolute Gasteiger partial charge is 0.300 e. The molecule has 0 spiro atoms. The number of rotatable bonds is 1. The molecule has 92 valence electrons. The van der Waals surface area contributed by atoms with E-state index in [1.807, 2.05) is 6.92 Å². The van der Waals surface area contributed by atoms with E-state index in [1.165, 1.54) is 22.3 Å². The molecule has 1 heteroatoms. The Morgan fingerprint density at radius 1 is 0.944 bits per heavy atom. The van der Waals surface area contributed by atoms with Crippen molar-refractivity contribution in [2.45, 2.75) is 26.7 Å². The van der Waals surface area contributed by atoms with Crippen molar-refractivity contribution in [3.8, 4) is 11.1 Å². The van der Waals surface area contributed by atoms with Crippen LogP contribution in [0.4, 0.5) is 0 Å². The fourth-order valence-corrected chi connectivity index (χ4v) is 2.08. The molecule has 0 aromatic heterocycles. The van der Waals surface area contributed by atoms with E-state index >= 15 is 0 Å². The summed E-state index contributed by atoms with van der Waals surface area (Å²) in [6.45, 7) is 3.43. The van der Waals surface area contributed by atoms with Crippen LogP contribution in [-0.4, -0.2) is 5.78 Å². The number of Topliss-reactive ketones (excluding diaryl/α,β-unsaturated/α-hetero) is 1. The van der Waals surface area contributed by atoms with Crippen molar-refractivity contribution >= 4 is 5.78 Å². The van der Waals surface area contributed by atoms with Gasteiger partial charge in [-0.15, -0.1) is 0 Å². The van der Waals surface area contributed by atoms with E-state index in [2.05, 4.69) is 48.5 Å². The maximum Gasteiger partial charge on any atom is 0.129 e. The first-order chi connectivity index (χ1) is 8.72. The second-order valence-electron chi connectivity index (χ2n) is 4.55. The van der Waals surface area contributed by atoms with Gasteiger partial charge in [0.2, 0.25) is 0 Å². The SMILES string of the molecule is CCC(C)=O.c1ccc2c(c1)Cc1ccccc1-2. The zero-order chi connectivity index (χ0) is 13.0. The summed E-state index contributed by atoms with van der Waals surface area (Å²) in [5.41, 5.74) is 5.75. The van der Waals surface area contributed by atoms with E-state index < -0.39 is 0 Å².